The third-order valence-corrected chi connectivity index (χ3v) is 6.53. The normalized spacial score (nSPS) is 11.8. The van der Waals surface area contributed by atoms with Crippen molar-refractivity contribution < 1.29 is 19.8 Å². The Labute approximate surface area is 233 Å². The van der Waals surface area contributed by atoms with Crippen molar-refractivity contribution in [3.05, 3.63) is 101 Å². The third kappa shape index (κ3) is 12.5. The molecule has 0 aliphatic heterocycles. The van der Waals surface area contributed by atoms with Gasteiger partial charge in [-0.25, -0.2) is 0 Å². The van der Waals surface area contributed by atoms with Crippen molar-refractivity contribution in [2.24, 2.45) is 5.73 Å². The van der Waals surface area contributed by atoms with Crippen LogP contribution in [0.3, 0.4) is 0 Å². The first-order chi connectivity index (χ1) is 18.8. The third-order valence-electron chi connectivity index (χ3n) is 5.60. The van der Waals surface area contributed by atoms with Crippen LogP contribution in [-0.4, -0.2) is 47.1 Å². The molecule has 0 bridgehead atoms. The van der Waals surface area contributed by atoms with Gasteiger partial charge in [-0.15, -0.1) is 0 Å². The second kappa shape index (κ2) is 17.6. The number of aliphatic hydroxyl groups excluding tert-OH is 1. The lowest BCUT2D eigenvalue weighted by molar-refractivity contribution is -0.123. The largest absolute Gasteiger partial charge is 0.508 e. The van der Waals surface area contributed by atoms with Crippen molar-refractivity contribution in [2.75, 3.05) is 6.61 Å². The number of carbonyl (C=O) groups is 2. The average Bonchev–Trinajstić information content (AvgIpc) is 2.95. The van der Waals surface area contributed by atoms with Gasteiger partial charge in [0.2, 0.25) is 12.3 Å². The van der Waals surface area contributed by atoms with Crippen LogP contribution in [0.4, 0.5) is 0 Å². The van der Waals surface area contributed by atoms with Gasteiger partial charge in [-0.1, -0.05) is 78.7 Å². The van der Waals surface area contributed by atoms with Crippen LogP contribution >= 0.6 is 11.9 Å². The molecule has 9 nitrogen and oxygen atoms in total. The van der Waals surface area contributed by atoms with Gasteiger partial charge in [0, 0.05) is 23.9 Å². The van der Waals surface area contributed by atoms with Gasteiger partial charge in [0.15, 0.2) is 0 Å². The van der Waals surface area contributed by atoms with Crippen LogP contribution in [0, 0.1) is 5.41 Å². The highest BCUT2D eigenvalue weighted by atomic mass is 32.2. The number of nitrogens with one attached hydrogen (secondary N) is 4. The van der Waals surface area contributed by atoms with E-state index in [1.54, 1.807) is 31.2 Å². The molecular weight excluding hydrogens is 514 g/mol. The number of amides is 2. The summed E-state index contributed by atoms with van der Waals surface area (Å²) in [5.41, 5.74) is 9.20. The molecule has 0 fully saturated rings. The molecule has 0 aliphatic rings. The van der Waals surface area contributed by atoms with Crippen LogP contribution in [0.15, 0.2) is 78.9 Å². The predicted octanol–water partition coefficient (Wildman–Crippen LogP) is 2.85. The zero-order chi connectivity index (χ0) is 28.5. The number of phenolic OH excluding ortho intramolecular Hbond substituents is 1. The Kier molecular flexibility index (Phi) is 14.2. The van der Waals surface area contributed by atoms with E-state index >= 15 is 0 Å². The second-order valence-electron chi connectivity index (χ2n) is 8.85. The lowest BCUT2D eigenvalue weighted by atomic mass is 10.0. The lowest BCUT2D eigenvalue weighted by Crippen LogP contribution is -2.46. The molecule has 0 spiro atoms. The highest BCUT2D eigenvalue weighted by Gasteiger charge is 2.19. The van der Waals surface area contributed by atoms with E-state index in [4.69, 9.17) is 16.2 Å². The van der Waals surface area contributed by atoms with Crippen LogP contribution in [-0.2, 0) is 28.3 Å². The first-order valence-corrected chi connectivity index (χ1v) is 13.5. The quantitative estimate of drug-likeness (QED) is 0.0702. The molecule has 0 saturated heterocycles. The fourth-order valence-electron chi connectivity index (χ4n) is 3.37. The number of aryl methyl sites for hydroxylation is 1. The molecule has 3 aromatic rings. The first kappa shape index (κ1) is 31.4. The number of hydrogen-bond acceptors (Lipinski definition) is 7. The summed E-state index contributed by atoms with van der Waals surface area (Å²) in [6.07, 6.45) is 1.99. The van der Waals surface area contributed by atoms with Crippen LogP contribution in [0.1, 0.15) is 35.6 Å². The fraction of sp³-hybridized carbons (Fsp3) is 0.276. The van der Waals surface area contributed by atoms with Crippen molar-refractivity contribution in [1.29, 1.82) is 5.41 Å². The van der Waals surface area contributed by atoms with Gasteiger partial charge < -0.3 is 26.6 Å². The van der Waals surface area contributed by atoms with E-state index in [2.05, 4.69) is 15.4 Å². The van der Waals surface area contributed by atoms with Crippen molar-refractivity contribution in [2.45, 2.75) is 44.1 Å². The summed E-state index contributed by atoms with van der Waals surface area (Å²) < 4.78 is 3.25. The molecule has 3 rings (SSSR count). The number of rotatable bonds is 14. The van der Waals surface area contributed by atoms with Crippen LogP contribution < -0.4 is 21.1 Å². The van der Waals surface area contributed by atoms with E-state index < -0.39 is 0 Å². The first-order valence-electron chi connectivity index (χ1n) is 12.5. The Bertz CT molecular complexity index is 1140. The number of benzene rings is 3. The highest BCUT2D eigenvalue weighted by Crippen LogP contribution is 2.15. The van der Waals surface area contributed by atoms with E-state index in [9.17, 15) is 14.7 Å². The topological polar surface area (TPSA) is 161 Å². The summed E-state index contributed by atoms with van der Waals surface area (Å²) in [5, 5.41) is 31.0. The summed E-state index contributed by atoms with van der Waals surface area (Å²) in [6.45, 7) is 2.18. The standard InChI is InChI=1S/C20H26N2O3S.C9H11N3O/c1-15(13-23)21-20(25)19(12-9-16-7-10-18(24)11-8-16)22-26-14-17-5-3-2-4-6-17;10-9(11)8-3-1-7(2-4-8)5-12-6-13/h2-8,10-11,15,19,22-24H,9,12-14H2,1H3,(H,21,25);1-4,6H,5H2,(H3,10,11)(H,12,13). The van der Waals surface area contributed by atoms with Crippen LogP contribution in [0.25, 0.3) is 0 Å². The molecule has 2 unspecified atom stereocenters. The van der Waals surface area contributed by atoms with Crippen LogP contribution in [0.2, 0.25) is 0 Å². The zero-order valence-corrected chi connectivity index (χ0v) is 22.8. The van der Waals surface area contributed by atoms with E-state index in [0.717, 1.165) is 16.9 Å². The Balaban J connectivity index is 0.000000344. The number of phenols is 1. The maximum atomic E-state index is 12.5. The van der Waals surface area contributed by atoms with E-state index in [1.165, 1.54) is 17.5 Å². The molecular formula is C29H37N5O4S. The molecule has 2 amide bonds. The lowest BCUT2D eigenvalue weighted by Gasteiger charge is -2.20. The molecule has 0 aliphatic carbocycles. The molecule has 8 N–H and O–H groups in total. The maximum Gasteiger partial charge on any atom is 0.238 e. The van der Waals surface area contributed by atoms with E-state index in [-0.39, 0.29) is 36.2 Å². The summed E-state index contributed by atoms with van der Waals surface area (Å²) in [7, 11) is 0. The van der Waals surface area contributed by atoms with Crippen molar-refractivity contribution in [3.63, 3.8) is 0 Å². The van der Waals surface area contributed by atoms with E-state index in [0.29, 0.717) is 31.4 Å². The molecule has 0 saturated carbocycles. The Morgan fingerprint density at radius 1 is 1.00 bits per heavy atom. The van der Waals surface area contributed by atoms with Gasteiger partial charge >= 0.3 is 0 Å². The van der Waals surface area contributed by atoms with Gasteiger partial charge in [0.1, 0.15) is 11.6 Å². The smallest absolute Gasteiger partial charge is 0.238 e. The van der Waals surface area contributed by atoms with Gasteiger partial charge in [0.05, 0.1) is 12.6 Å². The number of amidine groups is 1. The molecule has 208 valence electrons. The minimum Gasteiger partial charge on any atom is -0.508 e. The average molecular weight is 552 g/mol. The van der Waals surface area contributed by atoms with E-state index in [1.807, 2.05) is 54.6 Å². The monoisotopic (exact) mass is 551 g/mol. The minimum atomic E-state index is -0.369. The minimum absolute atomic E-state index is 0.0508. The Morgan fingerprint density at radius 2 is 1.64 bits per heavy atom. The summed E-state index contributed by atoms with van der Waals surface area (Å²) in [5.74, 6) is 0.927. The number of nitrogen functional groups attached to an aromatic ring is 1. The van der Waals surface area contributed by atoms with Gasteiger partial charge in [0.25, 0.3) is 0 Å². The Morgan fingerprint density at radius 3 is 2.23 bits per heavy atom. The van der Waals surface area contributed by atoms with Crippen LogP contribution in [0.5, 0.6) is 5.75 Å². The predicted molar refractivity (Wildman–Crippen MR) is 156 cm³/mol. The Hall–Kier alpha value is -3.86. The van der Waals surface area contributed by atoms with Crippen molar-refractivity contribution in [1.82, 2.24) is 15.4 Å². The molecule has 3 aromatic carbocycles. The molecule has 0 aromatic heterocycles. The number of aliphatic hydroxyl groups is 1. The summed E-state index contributed by atoms with van der Waals surface area (Å²) in [6, 6.07) is 23.6. The fourth-order valence-corrected chi connectivity index (χ4v) is 4.24. The molecule has 2 atom stereocenters. The summed E-state index contributed by atoms with van der Waals surface area (Å²) in [4.78, 5) is 22.5. The number of aromatic hydroxyl groups is 1. The maximum absolute atomic E-state index is 12.5. The number of hydrogen-bond donors (Lipinski definition) is 7. The summed E-state index contributed by atoms with van der Waals surface area (Å²) >= 11 is 1.50. The van der Waals surface area contributed by atoms with Gasteiger partial charge in [-0.05, 0) is 48.6 Å². The van der Waals surface area contributed by atoms with Gasteiger partial charge in [-0.3, -0.25) is 19.7 Å². The van der Waals surface area contributed by atoms with Crippen molar-refractivity contribution in [3.8, 4) is 5.75 Å². The molecule has 10 heteroatoms. The van der Waals surface area contributed by atoms with Crippen molar-refractivity contribution >= 4 is 30.1 Å². The number of nitrogens with two attached hydrogens (primary N) is 1. The molecule has 39 heavy (non-hydrogen) atoms. The zero-order valence-electron chi connectivity index (χ0n) is 22.0. The SMILES string of the molecule is CC(CO)NC(=O)C(CCc1ccc(O)cc1)NSCc1ccccc1.N=C(N)c1ccc(CNC=O)cc1. The highest BCUT2D eigenvalue weighted by molar-refractivity contribution is 7.96. The van der Waals surface area contributed by atoms with Gasteiger partial charge in [-0.2, -0.15) is 0 Å². The molecule has 0 radical (unpaired) electrons. The number of carbonyl (C=O) groups excluding carboxylic acids is 2. The second-order valence-corrected chi connectivity index (χ2v) is 9.66. The molecule has 0 heterocycles.